The van der Waals surface area contributed by atoms with Gasteiger partial charge in [0.15, 0.2) is 5.82 Å². The second-order valence-corrected chi connectivity index (χ2v) is 11.5. The number of hydrogen-bond donors (Lipinski definition) is 3. The smallest absolute Gasteiger partial charge is 0.410 e. The molecule has 2 atom stereocenters. The van der Waals surface area contributed by atoms with Gasteiger partial charge in [0.1, 0.15) is 41.5 Å². The Kier molecular flexibility index (Phi) is 8.10. The molecule has 40 heavy (non-hydrogen) atoms. The summed E-state index contributed by atoms with van der Waals surface area (Å²) in [6, 6.07) is 8.05. The highest BCUT2D eigenvalue weighted by molar-refractivity contribution is 6.06. The lowest BCUT2D eigenvalue weighted by Crippen LogP contribution is -2.51. The molecule has 4 N–H and O–H groups in total. The van der Waals surface area contributed by atoms with Gasteiger partial charge in [0.05, 0.1) is 23.4 Å². The zero-order valence-corrected chi connectivity index (χ0v) is 23.3. The van der Waals surface area contributed by atoms with E-state index in [0.717, 1.165) is 0 Å². The van der Waals surface area contributed by atoms with Gasteiger partial charge in [-0.05, 0) is 65.0 Å². The molecular weight excluding hydrogens is 519 g/mol. The third-order valence-corrected chi connectivity index (χ3v) is 5.99. The van der Waals surface area contributed by atoms with E-state index in [9.17, 15) is 19.1 Å². The number of benzene rings is 1. The highest BCUT2D eigenvalue weighted by Gasteiger charge is 2.33. The maximum absolute atomic E-state index is 14.7. The van der Waals surface area contributed by atoms with Gasteiger partial charge in [0, 0.05) is 24.6 Å². The summed E-state index contributed by atoms with van der Waals surface area (Å²) < 4.78 is 25.7. The summed E-state index contributed by atoms with van der Waals surface area (Å²) in [7, 11) is 0. The SMILES string of the molecule is CC(C)(O)COc1ccc(-c2cc(C(N)=O)c3ncnc(N[C@H]4C[C@H](F)CN(C(=O)OC(C)(C)C)C4)c3n2)cc1. The summed E-state index contributed by atoms with van der Waals surface area (Å²) in [5.41, 5.74) is 5.78. The Morgan fingerprint density at radius 3 is 2.45 bits per heavy atom. The van der Waals surface area contributed by atoms with Crippen LogP contribution in [0.1, 0.15) is 51.4 Å². The van der Waals surface area contributed by atoms with Gasteiger partial charge in [-0.25, -0.2) is 24.1 Å². The van der Waals surface area contributed by atoms with E-state index in [-0.39, 0.29) is 48.5 Å². The summed E-state index contributed by atoms with van der Waals surface area (Å²) in [4.78, 5) is 39.6. The molecule has 11 nitrogen and oxygen atoms in total. The Morgan fingerprint density at radius 2 is 1.82 bits per heavy atom. The van der Waals surface area contributed by atoms with E-state index < -0.39 is 35.4 Å². The second kappa shape index (κ2) is 11.2. The van der Waals surface area contributed by atoms with Crippen LogP contribution in [0.15, 0.2) is 36.7 Å². The van der Waals surface area contributed by atoms with Crippen LogP contribution >= 0.6 is 0 Å². The number of fused-ring (bicyclic) bond motifs is 1. The van der Waals surface area contributed by atoms with Gasteiger partial charge in [-0.1, -0.05) is 0 Å². The third kappa shape index (κ3) is 7.32. The maximum atomic E-state index is 14.7. The molecule has 1 fully saturated rings. The minimum absolute atomic E-state index is 0.0681. The van der Waals surface area contributed by atoms with Crippen LogP contribution in [0, 0.1) is 0 Å². The first-order chi connectivity index (χ1) is 18.7. The largest absolute Gasteiger partial charge is 0.491 e. The molecular formula is C28H35FN6O5. The fourth-order valence-electron chi connectivity index (χ4n) is 4.27. The molecule has 0 spiro atoms. The van der Waals surface area contributed by atoms with Crippen molar-refractivity contribution in [2.75, 3.05) is 25.0 Å². The molecule has 0 radical (unpaired) electrons. The zero-order chi connectivity index (χ0) is 29.2. The number of nitrogens with two attached hydrogens (primary N) is 1. The number of nitrogens with one attached hydrogen (secondary N) is 1. The van der Waals surface area contributed by atoms with Crippen molar-refractivity contribution in [2.24, 2.45) is 5.73 Å². The Morgan fingerprint density at radius 1 is 1.12 bits per heavy atom. The van der Waals surface area contributed by atoms with Crippen LogP contribution in [0.4, 0.5) is 15.0 Å². The summed E-state index contributed by atoms with van der Waals surface area (Å²) in [5.74, 6) is 0.142. The number of amides is 2. The molecule has 3 aromatic rings. The number of anilines is 1. The number of likely N-dealkylation sites (tertiary alicyclic amines) is 1. The van der Waals surface area contributed by atoms with Crippen molar-refractivity contribution in [3.8, 4) is 17.0 Å². The molecule has 0 saturated carbocycles. The summed E-state index contributed by atoms with van der Waals surface area (Å²) in [6.45, 7) is 8.79. The Labute approximate surface area is 231 Å². The fourth-order valence-corrected chi connectivity index (χ4v) is 4.27. The van der Waals surface area contributed by atoms with Crippen LogP contribution in [-0.4, -0.2) is 80.1 Å². The third-order valence-electron chi connectivity index (χ3n) is 5.99. The summed E-state index contributed by atoms with van der Waals surface area (Å²) in [5, 5.41) is 13.1. The standard InChI is InChI=1S/C28H35FN6O5/c1-27(2,3)40-26(37)35-12-17(29)10-18(13-35)33-25-23-22(31-15-32-25)20(24(30)36)11-21(34-23)16-6-8-19(9-7-16)39-14-28(4,5)38/h6-9,11,15,17-18,38H,10,12-14H2,1-5H3,(H2,30,36)(H,31,32,33)/t17-,18-/m0/s1. The molecule has 12 heteroatoms. The molecule has 0 unspecified atom stereocenters. The number of carbonyl (C=O) groups is 2. The maximum Gasteiger partial charge on any atom is 0.410 e. The van der Waals surface area contributed by atoms with Crippen LogP contribution in [0.5, 0.6) is 5.75 Å². The van der Waals surface area contributed by atoms with Crippen LogP contribution < -0.4 is 15.8 Å². The molecule has 4 rings (SSSR count). The second-order valence-electron chi connectivity index (χ2n) is 11.5. The minimum Gasteiger partial charge on any atom is -0.491 e. The quantitative estimate of drug-likeness (QED) is 0.397. The predicted molar refractivity (Wildman–Crippen MR) is 148 cm³/mol. The van der Waals surface area contributed by atoms with Crippen molar-refractivity contribution in [1.82, 2.24) is 19.9 Å². The number of halogens is 1. The van der Waals surface area contributed by atoms with Gasteiger partial charge in [-0.15, -0.1) is 0 Å². The number of nitrogens with zero attached hydrogens (tertiary/aromatic N) is 4. The Hall–Kier alpha value is -4.06. The van der Waals surface area contributed by atoms with Gasteiger partial charge in [0.2, 0.25) is 0 Å². The van der Waals surface area contributed by atoms with E-state index in [1.165, 1.54) is 11.2 Å². The van der Waals surface area contributed by atoms with Crippen molar-refractivity contribution in [3.05, 3.63) is 42.2 Å². The molecule has 1 aliphatic heterocycles. The van der Waals surface area contributed by atoms with Gasteiger partial charge < -0.3 is 30.5 Å². The van der Waals surface area contributed by atoms with Gasteiger partial charge in [-0.3, -0.25) is 4.79 Å². The van der Waals surface area contributed by atoms with E-state index in [1.807, 2.05) is 0 Å². The lowest BCUT2D eigenvalue weighted by molar-refractivity contribution is 0.0124. The molecule has 1 saturated heterocycles. The van der Waals surface area contributed by atoms with E-state index in [1.54, 1.807) is 65.0 Å². The Balaban J connectivity index is 1.64. The average molecular weight is 555 g/mol. The molecule has 1 aromatic carbocycles. The lowest BCUT2D eigenvalue weighted by Gasteiger charge is -2.36. The van der Waals surface area contributed by atoms with Crippen molar-refractivity contribution in [3.63, 3.8) is 0 Å². The highest BCUT2D eigenvalue weighted by Crippen LogP contribution is 2.29. The number of aromatic nitrogens is 3. The number of hydrogen-bond acceptors (Lipinski definition) is 9. The van der Waals surface area contributed by atoms with Crippen molar-refractivity contribution < 1.29 is 28.6 Å². The topological polar surface area (TPSA) is 153 Å². The lowest BCUT2D eigenvalue weighted by atomic mass is 10.0. The van der Waals surface area contributed by atoms with Crippen LogP contribution in [-0.2, 0) is 4.74 Å². The van der Waals surface area contributed by atoms with Gasteiger partial charge in [-0.2, -0.15) is 0 Å². The van der Waals surface area contributed by atoms with Gasteiger partial charge in [0.25, 0.3) is 5.91 Å². The molecule has 0 bridgehead atoms. The van der Waals surface area contributed by atoms with E-state index in [2.05, 4.69) is 15.3 Å². The summed E-state index contributed by atoms with van der Waals surface area (Å²) >= 11 is 0. The van der Waals surface area contributed by atoms with Crippen LogP contribution in [0.3, 0.4) is 0 Å². The first-order valence-electron chi connectivity index (χ1n) is 13.0. The van der Waals surface area contributed by atoms with Crippen LogP contribution in [0.25, 0.3) is 22.3 Å². The zero-order valence-electron chi connectivity index (χ0n) is 23.3. The van der Waals surface area contributed by atoms with Crippen molar-refractivity contribution in [1.29, 1.82) is 0 Å². The fraction of sp³-hybridized carbons (Fsp3) is 0.464. The molecule has 2 amide bonds. The highest BCUT2D eigenvalue weighted by atomic mass is 19.1. The van der Waals surface area contributed by atoms with E-state index in [4.69, 9.17) is 20.2 Å². The van der Waals surface area contributed by atoms with Crippen molar-refractivity contribution >= 4 is 28.9 Å². The van der Waals surface area contributed by atoms with Crippen molar-refractivity contribution in [2.45, 2.75) is 64.5 Å². The monoisotopic (exact) mass is 554 g/mol. The molecule has 3 heterocycles. The molecule has 2 aromatic heterocycles. The molecule has 0 aliphatic carbocycles. The summed E-state index contributed by atoms with van der Waals surface area (Å²) in [6.07, 6.45) is -0.456. The van der Waals surface area contributed by atoms with Gasteiger partial charge >= 0.3 is 6.09 Å². The number of carbonyl (C=O) groups excluding carboxylic acids is 2. The number of ether oxygens (including phenoxy) is 2. The Bertz CT molecular complexity index is 1390. The number of piperidine rings is 1. The number of pyridine rings is 1. The first-order valence-corrected chi connectivity index (χ1v) is 13.0. The number of primary amides is 1. The molecule has 1 aliphatic rings. The first kappa shape index (κ1) is 28.9. The normalized spacial score (nSPS) is 17.9. The molecule has 214 valence electrons. The van der Waals surface area contributed by atoms with Crippen LogP contribution in [0.2, 0.25) is 0 Å². The van der Waals surface area contributed by atoms with E-state index >= 15 is 0 Å². The predicted octanol–water partition coefficient (Wildman–Crippen LogP) is 3.70. The van der Waals surface area contributed by atoms with E-state index in [0.29, 0.717) is 17.0 Å². The average Bonchev–Trinajstić information content (AvgIpc) is 2.85. The number of alkyl halides is 1. The minimum atomic E-state index is -1.27. The number of aliphatic hydroxyl groups is 1. The number of rotatable bonds is 7.